The first-order valence-electron chi connectivity index (χ1n) is 39.6. The van der Waals surface area contributed by atoms with E-state index >= 15 is 0 Å². The molecule has 0 amide bonds. The van der Waals surface area contributed by atoms with Crippen LogP contribution >= 0.6 is 15.6 Å². The predicted molar refractivity (Wildman–Crippen MR) is 386 cm³/mol. The van der Waals surface area contributed by atoms with Crippen molar-refractivity contribution in [1.82, 2.24) is 0 Å². The van der Waals surface area contributed by atoms with Gasteiger partial charge < -0.3 is 33.8 Å². The van der Waals surface area contributed by atoms with Crippen molar-refractivity contribution >= 4 is 39.5 Å². The first-order chi connectivity index (χ1) is 46.0. The fourth-order valence-electron chi connectivity index (χ4n) is 11.7. The minimum atomic E-state index is -4.96. The van der Waals surface area contributed by atoms with Crippen molar-refractivity contribution in [2.45, 2.75) is 419 Å². The van der Waals surface area contributed by atoms with Gasteiger partial charge in [-0.3, -0.25) is 37.3 Å². The fourth-order valence-corrected chi connectivity index (χ4v) is 13.3. The molecular formula is C76H148O17P2. The van der Waals surface area contributed by atoms with E-state index in [0.717, 1.165) is 95.8 Å². The van der Waals surface area contributed by atoms with Gasteiger partial charge in [-0.1, -0.05) is 349 Å². The molecule has 0 rings (SSSR count). The lowest BCUT2D eigenvalue weighted by Crippen LogP contribution is -2.30. The molecule has 95 heavy (non-hydrogen) atoms. The maximum atomic E-state index is 13.1. The Hall–Kier alpha value is -1.94. The molecule has 0 aromatic carbocycles. The first-order valence-corrected chi connectivity index (χ1v) is 42.6. The number of carbonyl (C=O) groups excluding carboxylic acids is 4. The number of ether oxygens (including phenoxy) is 4. The Bertz CT molecular complexity index is 1820. The van der Waals surface area contributed by atoms with Gasteiger partial charge in [0.15, 0.2) is 12.2 Å². The number of hydrogen-bond donors (Lipinski definition) is 3. The molecular weight excluding hydrogens is 1250 g/mol. The topological polar surface area (TPSA) is 237 Å². The van der Waals surface area contributed by atoms with Gasteiger partial charge in [-0.15, -0.1) is 0 Å². The zero-order valence-corrected chi connectivity index (χ0v) is 63.6. The molecule has 0 spiro atoms. The monoisotopic (exact) mass is 1400 g/mol. The van der Waals surface area contributed by atoms with Crippen LogP contribution in [0.1, 0.15) is 401 Å². The summed E-state index contributed by atoms with van der Waals surface area (Å²) in [6, 6.07) is 0. The number of rotatable bonds is 76. The van der Waals surface area contributed by atoms with Crippen LogP contribution in [0.3, 0.4) is 0 Å². The van der Waals surface area contributed by atoms with E-state index in [-0.39, 0.29) is 25.7 Å². The number of carbonyl (C=O) groups is 4. The third-order valence-corrected chi connectivity index (χ3v) is 19.7. The molecule has 19 heteroatoms. The molecule has 0 saturated carbocycles. The van der Waals surface area contributed by atoms with Crippen LogP contribution in [0.2, 0.25) is 0 Å². The van der Waals surface area contributed by atoms with Gasteiger partial charge in [0.05, 0.1) is 26.4 Å². The maximum Gasteiger partial charge on any atom is 0.472 e. The normalized spacial score (nSPS) is 13.9. The van der Waals surface area contributed by atoms with Crippen molar-refractivity contribution in [3.63, 3.8) is 0 Å². The summed E-state index contributed by atoms with van der Waals surface area (Å²) in [5, 5.41) is 10.6. The summed E-state index contributed by atoms with van der Waals surface area (Å²) in [5.41, 5.74) is 0. The maximum absolute atomic E-state index is 13.1. The van der Waals surface area contributed by atoms with Crippen molar-refractivity contribution < 1.29 is 80.2 Å². The standard InChI is InChI=1S/C76H148O17P2/c1-6-9-12-15-18-21-23-25-27-28-29-30-31-33-35-41-46-51-56-61-75(80)92-72(66-87-74(79)60-55-50-45-40-34-32-26-24-22-19-16-13-10-7-2)68-91-95(84,85)89-64-70(77)63-88-94(82,83)90-67-71(65-86-73(78)59-54-49-44-38-20-17-14-11-8-3)93-76(81)62-57-52-47-42-37-36-39-43-48-53-58-69(4)5/h69-72,77H,6-68H2,1-5H3,(H,82,83)(H,84,85)/t70-,71+,72+/m0/s1. The van der Waals surface area contributed by atoms with Crippen LogP contribution in [0.5, 0.6) is 0 Å². The van der Waals surface area contributed by atoms with Crippen LogP contribution in [0.25, 0.3) is 0 Å². The lowest BCUT2D eigenvalue weighted by molar-refractivity contribution is -0.161. The Labute approximate surface area is 581 Å². The third kappa shape index (κ3) is 70.3. The van der Waals surface area contributed by atoms with Crippen LogP contribution in [-0.2, 0) is 65.4 Å². The van der Waals surface area contributed by atoms with Crippen molar-refractivity contribution in [1.29, 1.82) is 0 Å². The molecule has 0 fully saturated rings. The summed E-state index contributed by atoms with van der Waals surface area (Å²) in [4.78, 5) is 72.8. The van der Waals surface area contributed by atoms with E-state index in [9.17, 15) is 43.2 Å². The van der Waals surface area contributed by atoms with Crippen molar-refractivity contribution in [2.24, 2.45) is 5.92 Å². The van der Waals surface area contributed by atoms with Gasteiger partial charge in [-0.2, -0.15) is 0 Å². The van der Waals surface area contributed by atoms with E-state index in [0.29, 0.717) is 25.7 Å². The number of unbranched alkanes of at least 4 members (excludes halogenated alkanes) is 48. The zero-order chi connectivity index (χ0) is 69.8. The Balaban J connectivity index is 5.22. The SMILES string of the molecule is CCCCCCCCCCCCCCCCCCCCCC(=O)O[C@H](COC(=O)CCCCCCCCCCCCCCCC)COP(=O)(O)OC[C@@H](O)COP(=O)(O)OC[C@@H](COC(=O)CCCCCCCCCCC)OC(=O)CCCCCCCCCCCCC(C)C. The highest BCUT2D eigenvalue weighted by Gasteiger charge is 2.30. The highest BCUT2D eigenvalue weighted by molar-refractivity contribution is 7.47. The number of phosphoric acid groups is 2. The molecule has 0 aromatic heterocycles. The molecule has 0 saturated heterocycles. The van der Waals surface area contributed by atoms with Crippen molar-refractivity contribution in [2.75, 3.05) is 39.6 Å². The average Bonchev–Trinajstić information content (AvgIpc) is 3.28. The molecule has 0 aliphatic heterocycles. The third-order valence-electron chi connectivity index (χ3n) is 17.8. The molecule has 0 heterocycles. The number of aliphatic hydroxyl groups is 1. The molecule has 0 aliphatic carbocycles. The Morgan fingerprint density at radius 2 is 0.484 bits per heavy atom. The summed E-state index contributed by atoms with van der Waals surface area (Å²) in [6.45, 7) is 7.27. The van der Waals surface area contributed by atoms with Gasteiger partial charge in [0, 0.05) is 25.7 Å². The quantitative estimate of drug-likeness (QED) is 0.0222. The van der Waals surface area contributed by atoms with Crippen molar-refractivity contribution in [3.05, 3.63) is 0 Å². The summed E-state index contributed by atoms with van der Waals surface area (Å²) in [5.74, 6) is -1.36. The van der Waals surface area contributed by atoms with Gasteiger partial charge >= 0.3 is 39.5 Å². The summed E-state index contributed by atoms with van der Waals surface area (Å²) in [7, 11) is -9.91. The largest absolute Gasteiger partial charge is 0.472 e. The van der Waals surface area contributed by atoms with Gasteiger partial charge in [0.25, 0.3) is 0 Å². The number of esters is 4. The highest BCUT2D eigenvalue weighted by atomic mass is 31.2. The molecule has 0 aliphatic rings. The van der Waals surface area contributed by atoms with Crippen molar-refractivity contribution in [3.8, 4) is 0 Å². The second kappa shape index (κ2) is 69.2. The van der Waals surface area contributed by atoms with E-state index in [1.165, 1.54) is 225 Å². The lowest BCUT2D eigenvalue weighted by Gasteiger charge is -2.21. The highest BCUT2D eigenvalue weighted by Crippen LogP contribution is 2.45. The molecule has 3 N–H and O–H groups in total. The second-order valence-corrected chi connectivity index (χ2v) is 30.8. The van der Waals surface area contributed by atoms with E-state index in [2.05, 4.69) is 34.6 Å². The van der Waals surface area contributed by atoms with Crippen LogP contribution in [0.15, 0.2) is 0 Å². The van der Waals surface area contributed by atoms with E-state index in [1.54, 1.807) is 0 Å². The minimum Gasteiger partial charge on any atom is -0.462 e. The Kier molecular flexibility index (Phi) is 67.7. The molecule has 17 nitrogen and oxygen atoms in total. The van der Waals surface area contributed by atoms with Gasteiger partial charge in [0.1, 0.15) is 19.3 Å². The predicted octanol–water partition coefficient (Wildman–Crippen LogP) is 22.5. The fraction of sp³-hybridized carbons (Fsp3) is 0.947. The minimum absolute atomic E-state index is 0.106. The van der Waals surface area contributed by atoms with Crippen LogP contribution in [-0.4, -0.2) is 96.7 Å². The number of aliphatic hydroxyl groups excluding tert-OH is 1. The number of hydrogen-bond acceptors (Lipinski definition) is 15. The van der Waals surface area contributed by atoms with Crippen LogP contribution < -0.4 is 0 Å². The molecule has 0 radical (unpaired) electrons. The summed E-state index contributed by atoms with van der Waals surface area (Å²) >= 11 is 0. The molecule has 2 unspecified atom stereocenters. The lowest BCUT2D eigenvalue weighted by atomic mass is 10.0. The van der Waals surface area contributed by atoms with Crippen LogP contribution in [0.4, 0.5) is 0 Å². The van der Waals surface area contributed by atoms with Gasteiger partial charge in [-0.25, -0.2) is 9.13 Å². The second-order valence-electron chi connectivity index (χ2n) is 27.9. The van der Waals surface area contributed by atoms with E-state index in [4.69, 9.17) is 37.0 Å². The number of phosphoric ester groups is 2. The molecule has 5 atom stereocenters. The van der Waals surface area contributed by atoms with E-state index < -0.39 is 97.5 Å². The Morgan fingerprint density at radius 1 is 0.284 bits per heavy atom. The first kappa shape index (κ1) is 93.1. The smallest absolute Gasteiger partial charge is 0.462 e. The van der Waals surface area contributed by atoms with Crippen LogP contribution in [0, 0.1) is 5.92 Å². The Morgan fingerprint density at radius 3 is 0.716 bits per heavy atom. The molecule has 0 aromatic rings. The summed E-state index contributed by atoms with van der Waals surface area (Å²) in [6.07, 6.45) is 58.2. The molecule has 0 bridgehead atoms. The molecule has 564 valence electrons. The van der Waals surface area contributed by atoms with E-state index in [1.807, 2.05) is 0 Å². The van der Waals surface area contributed by atoms with Gasteiger partial charge in [-0.05, 0) is 31.6 Å². The van der Waals surface area contributed by atoms with Gasteiger partial charge in [0.2, 0.25) is 0 Å². The zero-order valence-electron chi connectivity index (χ0n) is 61.8. The summed E-state index contributed by atoms with van der Waals surface area (Å²) < 4.78 is 68.5. The average molecular weight is 1400 g/mol.